The Hall–Kier alpha value is -2.42. The molecule has 1 spiro atoms. The molecule has 2 aliphatic rings. The van der Waals surface area contributed by atoms with Crippen LogP contribution in [0, 0.1) is 5.92 Å². The van der Waals surface area contributed by atoms with E-state index in [9.17, 15) is 9.59 Å². The number of aromatic nitrogens is 3. The second kappa shape index (κ2) is 7.54. The first-order valence-electron chi connectivity index (χ1n) is 9.77. The Kier molecular flexibility index (Phi) is 5.09. The van der Waals surface area contributed by atoms with Crippen LogP contribution >= 0.6 is 11.3 Å². The van der Waals surface area contributed by atoms with Crippen LogP contribution in [0.1, 0.15) is 26.7 Å². The molecule has 2 saturated heterocycles. The number of hydrogen-bond donors (Lipinski definition) is 0. The van der Waals surface area contributed by atoms with E-state index in [0.29, 0.717) is 38.4 Å². The summed E-state index contributed by atoms with van der Waals surface area (Å²) in [6, 6.07) is 1.68. The lowest BCUT2D eigenvalue weighted by Gasteiger charge is -2.42. The number of carbonyl (C=O) groups excluding carboxylic acids is 2. The minimum absolute atomic E-state index is 0.0518. The quantitative estimate of drug-likeness (QED) is 0.693. The third-order valence-corrected chi connectivity index (χ3v) is 6.39. The molecule has 0 radical (unpaired) electrons. The monoisotopic (exact) mass is 402 g/mol. The van der Waals surface area contributed by atoms with E-state index in [-0.39, 0.29) is 11.9 Å². The summed E-state index contributed by atoms with van der Waals surface area (Å²) in [6.07, 6.45) is 6.63. The predicted molar refractivity (Wildman–Crippen MR) is 107 cm³/mol. The van der Waals surface area contributed by atoms with Crippen LogP contribution in [0.3, 0.4) is 0 Å². The number of rotatable bonds is 6. The van der Waals surface area contributed by atoms with Gasteiger partial charge in [0.1, 0.15) is 5.54 Å². The van der Waals surface area contributed by atoms with Gasteiger partial charge in [0.15, 0.2) is 5.13 Å². The maximum atomic E-state index is 13.4. The Labute approximate surface area is 168 Å². The molecule has 0 bridgehead atoms. The van der Waals surface area contributed by atoms with Crippen LogP contribution in [0.15, 0.2) is 30.0 Å². The van der Waals surface area contributed by atoms with Gasteiger partial charge < -0.3 is 9.80 Å². The number of nitrogens with zero attached hydrogens (tertiary/aromatic N) is 6. The van der Waals surface area contributed by atoms with Crippen molar-refractivity contribution in [3.63, 3.8) is 0 Å². The summed E-state index contributed by atoms with van der Waals surface area (Å²) in [4.78, 5) is 36.5. The van der Waals surface area contributed by atoms with Crippen molar-refractivity contribution >= 4 is 28.4 Å². The van der Waals surface area contributed by atoms with Crippen molar-refractivity contribution in [1.82, 2.24) is 24.6 Å². The molecule has 8 nitrogen and oxygen atoms in total. The molecule has 0 saturated carbocycles. The third-order valence-electron chi connectivity index (χ3n) is 5.56. The third kappa shape index (κ3) is 3.28. The number of thiazole rings is 1. The first-order chi connectivity index (χ1) is 13.5. The maximum Gasteiger partial charge on any atom is 0.327 e. The number of hydrogen-bond acceptors (Lipinski definition) is 6. The van der Waals surface area contributed by atoms with Gasteiger partial charge in [-0.1, -0.05) is 13.8 Å². The molecule has 0 aromatic carbocycles. The van der Waals surface area contributed by atoms with Crippen LogP contribution < -0.4 is 4.90 Å². The van der Waals surface area contributed by atoms with Crippen LogP contribution in [0.2, 0.25) is 0 Å². The van der Waals surface area contributed by atoms with Gasteiger partial charge in [-0.2, -0.15) is 5.10 Å². The van der Waals surface area contributed by atoms with Crippen LogP contribution in [-0.4, -0.2) is 68.2 Å². The van der Waals surface area contributed by atoms with Gasteiger partial charge in [0, 0.05) is 43.6 Å². The molecule has 2 aromatic heterocycles. The van der Waals surface area contributed by atoms with E-state index in [1.165, 1.54) is 4.90 Å². The molecule has 0 atom stereocenters. The smallest absolute Gasteiger partial charge is 0.327 e. The Bertz CT molecular complexity index is 812. The SMILES string of the molecule is CC(C)CN1C(=O)N(CCn2cccn2)C(=O)C12CCN(c1nccs1)CC2. The average molecular weight is 403 g/mol. The molecule has 2 aliphatic heterocycles. The van der Waals surface area contributed by atoms with Crippen molar-refractivity contribution in [2.45, 2.75) is 38.8 Å². The van der Waals surface area contributed by atoms with Crippen LogP contribution in [0.5, 0.6) is 0 Å². The molecule has 2 fully saturated rings. The largest absolute Gasteiger partial charge is 0.348 e. The molecule has 0 N–H and O–H groups in total. The number of urea groups is 1. The van der Waals surface area contributed by atoms with Gasteiger partial charge in [-0.3, -0.25) is 14.4 Å². The predicted octanol–water partition coefficient (Wildman–Crippen LogP) is 2.30. The lowest BCUT2D eigenvalue weighted by Crippen LogP contribution is -2.57. The van der Waals surface area contributed by atoms with Gasteiger partial charge in [0.25, 0.3) is 5.91 Å². The summed E-state index contributed by atoms with van der Waals surface area (Å²) in [5.74, 6) is 0.251. The number of amides is 3. The van der Waals surface area contributed by atoms with Crippen molar-refractivity contribution in [1.29, 1.82) is 0 Å². The zero-order valence-corrected chi connectivity index (χ0v) is 17.1. The molecule has 2 aromatic rings. The van der Waals surface area contributed by atoms with E-state index in [2.05, 4.69) is 28.8 Å². The van der Waals surface area contributed by atoms with Gasteiger partial charge >= 0.3 is 6.03 Å². The first-order valence-corrected chi connectivity index (χ1v) is 10.6. The highest BCUT2D eigenvalue weighted by Gasteiger charge is 2.57. The van der Waals surface area contributed by atoms with Crippen molar-refractivity contribution in [3.05, 3.63) is 30.0 Å². The van der Waals surface area contributed by atoms with Crippen LogP contribution in [-0.2, 0) is 11.3 Å². The number of imide groups is 1. The summed E-state index contributed by atoms with van der Waals surface area (Å²) >= 11 is 1.61. The van der Waals surface area contributed by atoms with Crippen molar-refractivity contribution in [2.75, 3.05) is 31.1 Å². The summed E-state index contributed by atoms with van der Waals surface area (Å²) in [7, 11) is 0. The highest BCUT2D eigenvalue weighted by atomic mass is 32.1. The molecule has 28 heavy (non-hydrogen) atoms. The van der Waals surface area contributed by atoms with Crippen LogP contribution in [0.25, 0.3) is 0 Å². The Morgan fingerprint density at radius 2 is 1.96 bits per heavy atom. The fraction of sp³-hybridized carbons (Fsp3) is 0.579. The molecule has 3 amide bonds. The van der Waals surface area contributed by atoms with E-state index in [0.717, 1.165) is 18.2 Å². The normalized spacial score (nSPS) is 19.5. The Balaban J connectivity index is 1.53. The minimum atomic E-state index is -0.723. The Morgan fingerprint density at radius 1 is 1.18 bits per heavy atom. The lowest BCUT2D eigenvalue weighted by atomic mass is 9.85. The highest BCUT2D eigenvalue weighted by Crippen LogP contribution is 2.39. The summed E-state index contributed by atoms with van der Waals surface area (Å²) in [5.41, 5.74) is -0.723. The summed E-state index contributed by atoms with van der Waals surface area (Å²) in [5, 5.41) is 7.13. The molecule has 0 aliphatic carbocycles. The Morgan fingerprint density at radius 3 is 2.57 bits per heavy atom. The van der Waals surface area contributed by atoms with Crippen molar-refractivity contribution < 1.29 is 9.59 Å². The molecular weight excluding hydrogens is 376 g/mol. The number of anilines is 1. The van der Waals surface area contributed by atoms with Crippen molar-refractivity contribution in [3.8, 4) is 0 Å². The fourth-order valence-electron chi connectivity index (χ4n) is 4.16. The van der Waals surface area contributed by atoms with Gasteiger partial charge in [-0.15, -0.1) is 11.3 Å². The zero-order valence-electron chi connectivity index (χ0n) is 16.3. The van der Waals surface area contributed by atoms with Gasteiger partial charge in [0.2, 0.25) is 0 Å². The van der Waals surface area contributed by atoms with Gasteiger partial charge in [-0.05, 0) is 24.8 Å². The van der Waals surface area contributed by atoms with Gasteiger partial charge in [-0.25, -0.2) is 9.78 Å². The summed E-state index contributed by atoms with van der Waals surface area (Å²) < 4.78 is 1.75. The molecule has 4 rings (SSSR count). The fourth-order valence-corrected chi connectivity index (χ4v) is 4.85. The highest BCUT2D eigenvalue weighted by molar-refractivity contribution is 7.13. The number of carbonyl (C=O) groups is 2. The standard InChI is InChI=1S/C19H26N6O2S/c1-15(2)14-25-18(27)24(12-11-23-8-3-6-21-23)16(26)19(25)4-9-22(10-5-19)17-20-7-13-28-17/h3,6-8,13,15H,4-5,9-12,14H2,1-2H3. The average Bonchev–Trinajstić information content (AvgIpc) is 3.42. The summed E-state index contributed by atoms with van der Waals surface area (Å²) in [6.45, 7) is 7.10. The van der Waals surface area contributed by atoms with Crippen LogP contribution in [0.4, 0.5) is 9.93 Å². The van der Waals surface area contributed by atoms with E-state index in [1.54, 1.807) is 28.4 Å². The first kappa shape index (κ1) is 18.9. The molecular formula is C19H26N6O2S. The van der Waals surface area contributed by atoms with E-state index >= 15 is 0 Å². The lowest BCUT2D eigenvalue weighted by molar-refractivity contribution is -0.134. The van der Waals surface area contributed by atoms with E-state index < -0.39 is 5.54 Å². The second-order valence-electron chi connectivity index (χ2n) is 7.85. The minimum Gasteiger partial charge on any atom is -0.348 e. The molecule has 150 valence electrons. The molecule has 4 heterocycles. The molecule has 0 unspecified atom stereocenters. The topological polar surface area (TPSA) is 74.6 Å². The van der Waals surface area contributed by atoms with E-state index in [1.807, 2.05) is 22.5 Å². The maximum absolute atomic E-state index is 13.4. The van der Waals surface area contributed by atoms with E-state index in [4.69, 9.17) is 0 Å². The zero-order chi connectivity index (χ0) is 19.7. The van der Waals surface area contributed by atoms with Crippen molar-refractivity contribution in [2.24, 2.45) is 5.92 Å². The number of piperidine rings is 1. The van der Waals surface area contributed by atoms with Gasteiger partial charge in [0.05, 0.1) is 13.1 Å². The second-order valence-corrected chi connectivity index (χ2v) is 8.72. The molecule has 9 heteroatoms.